The van der Waals surface area contributed by atoms with Gasteiger partial charge in [-0.05, 0) is 61.4 Å². The minimum absolute atomic E-state index is 0.218. The topological polar surface area (TPSA) is 51.5 Å². The van der Waals surface area contributed by atoms with Crippen LogP contribution in [0.25, 0.3) is 11.3 Å². The molecule has 0 bridgehead atoms. The highest BCUT2D eigenvalue weighted by atomic mass is 35.5. The van der Waals surface area contributed by atoms with Crippen LogP contribution < -0.4 is 10.1 Å². The summed E-state index contributed by atoms with van der Waals surface area (Å²) in [5.41, 5.74) is 3.80. The summed E-state index contributed by atoms with van der Waals surface area (Å²) in [5, 5.41) is 3.27. The fourth-order valence-corrected chi connectivity index (χ4v) is 2.64. The molecule has 3 aromatic rings. The zero-order valence-electron chi connectivity index (χ0n) is 14.2. The van der Waals surface area contributed by atoms with Crippen LogP contribution in [0.15, 0.2) is 52.9 Å². The smallest absolute Gasteiger partial charge is 0.291 e. The van der Waals surface area contributed by atoms with Crippen molar-refractivity contribution in [1.29, 1.82) is 0 Å². The van der Waals surface area contributed by atoms with Gasteiger partial charge in [0.1, 0.15) is 11.5 Å². The van der Waals surface area contributed by atoms with Crippen LogP contribution in [0.2, 0.25) is 5.02 Å². The lowest BCUT2D eigenvalue weighted by Gasteiger charge is -2.09. The quantitative estimate of drug-likeness (QED) is 0.674. The summed E-state index contributed by atoms with van der Waals surface area (Å²) < 4.78 is 10.9. The lowest BCUT2D eigenvalue weighted by Crippen LogP contribution is -2.11. The predicted octanol–water partition coefficient (Wildman–Crippen LogP) is 5.48. The molecule has 3 rings (SSSR count). The summed E-state index contributed by atoms with van der Waals surface area (Å²) in [6, 6.07) is 14.5. The number of rotatable bonds is 4. The van der Waals surface area contributed by atoms with Crippen LogP contribution in [0.4, 0.5) is 5.69 Å². The molecule has 0 saturated carbocycles. The molecule has 0 aliphatic carbocycles. The van der Waals surface area contributed by atoms with Gasteiger partial charge in [-0.2, -0.15) is 0 Å². The van der Waals surface area contributed by atoms with Crippen LogP contribution in [0.5, 0.6) is 5.75 Å². The van der Waals surface area contributed by atoms with E-state index in [0.29, 0.717) is 22.2 Å². The number of benzene rings is 2. The fraction of sp³-hybridized carbons (Fsp3) is 0.150. The van der Waals surface area contributed by atoms with Gasteiger partial charge in [-0.15, -0.1) is 0 Å². The van der Waals surface area contributed by atoms with Gasteiger partial charge < -0.3 is 14.5 Å². The number of amides is 1. The molecule has 5 heteroatoms. The van der Waals surface area contributed by atoms with Crippen molar-refractivity contribution in [1.82, 2.24) is 0 Å². The van der Waals surface area contributed by atoms with Gasteiger partial charge in [0.2, 0.25) is 0 Å². The molecule has 0 aliphatic rings. The maximum Gasteiger partial charge on any atom is 0.291 e. The maximum atomic E-state index is 12.5. The van der Waals surface area contributed by atoms with Crippen LogP contribution in [-0.4, -0.2) is 13.0 Å². The average molecular weight is 356 g/mol. The molecule has 1 amide bonds. The van der Waals surface area contributed by atoms with E-state index in [-0.39, 0.29) is 11.7 Å². The van der Waals surface area contributed by atoms with Crippen molar-refractivity contribution >= 4 is 23.2 Å². The molecule has 0 fully saturated rings. The second kappa shape index (κ2) is 7.03. The van der Waals surface area contributed by atoms with E-state index in [1.54, 1.807) is 30.3 Å². The van der Waals surface area contributed by atoms with Crippen molar-refractivity contribution < 1.29 is 13.9 Å². The summed E-state index contributed by atoms with van der Waals surface area (Å²) in [4.78, 5) is 12.5. The lowest BCUT2D eigenvalue weighted by molar-refractivity contribution is 0.0997. The number of anilines is 1. The molecule has 25 heavy (non-hydrogen) atoms. The Morgan fingerprint density at radius 2 is 1.84 bits per heavy atom. The van der Waals surface area contributed by atoms with Gasteiger partial charge in [0.15, 0.2) is 5.76 Å². The number of aryl methyl sites for hydroxylation is 2. The van der Waals surface area contributed by atoms with Gasteiger partial charge >= 0.3 is 0 Å². The minimum atomic E-state index is -0.365. The van der Waals surface area contributed by atoms with Crippen molar-refractivity contribution in [2.24, 2.45) is 0 Å². The average Bonchev–Trinajstić information content (AvgIpc) is 3.08. The lowest BCUT2D eigenvalue weighted by atomic mass is 10.1. The van der Waals surface area contributed by atoms with E-state index in [4.69, 9.17) is 20.8 Å². The van der Waals surface area contributed by atoms with Crippen molar-refractivity contribution in [3.8, 4) is 17.1 Å². The van der Waals surface area contributed by atoms with Crippen LogP contribution in [-0.2, 0) is 0 Å². The van der Waals surface area contributed by atoms with Crippen LogP contribution in [0, 0.1) is 13.8 Å². The van der Waals surface area contributed by atoms with Crippen molar-refractivity contribution in [2.75, 3.05) is 12.4 Å². The van der Waals surface area contributed by atoms with E-state index in [9.17, 15) is 4.79 Å². The number of carbonyl (C=O) groups is 1. The third-order valence-electron chi connectivity index (χ3n) is 4.03. The van der Waals surface area contributed by atoms with Gasteiger partial charge in [0, 0.05) is 10.6 Å². The number of methoxy groups -OCH3 is 1. The van der Waals surface area contributed by atoms with Gasteiger partial charge in [0.05, 0.1) is 12.8 Å². The highest BCUT2D eigenvalue weighted by molar-refractivity contribution is 6.31. The Morgan fingerprint density at radius 3 is 2.56 bits per heavy atom. The molecule has 0 saturated heterocycles. The van der Waals surface area contributed by atoms with Crippen LogP contribution in [0.1, 0.15) is 21.7 Å². The third kappa shape index (κ3) is 3.69. The number of carbonyl (C=O) groups excluding carboxylic acids is 1. The zero-order chi connectivity index (χ0) is 18.0. The molecule has 0 spiro atoms. The van der Waals surface area contributed by atoms with Crippen molar-refractivity contribution in [3.63, 3.8) is 0 Å². The molecule has 0 unspecified atom stereocenters. The van der Waals surface area contributed by atoms with Crippen LogP contribution in [0.3, 0.4) is 0 Å². The van der Waals surface area contributed by atoms with Gasteiger partial charge in [-0.1, -0.05) is 23.7 Å². The zero-order valence-corrected chi connectivity index (χ0v) is 15.0. The molecule has 128 valence electrons. The van der Waals surface area contributed by atoms with Gasteiger partial charge in [0.25, 0.3) is 5.91 Å². The van der Waals surface area contributed by atoms with E-state index in [1.165, 1.54) is 18.2 Å². The number of nitrogens with one attached hydrogen (secondary N) is 1. The molecular formula is C20H18ClNO3. The first-order chi connectivity index (χ1) is 12.0. The Morgan fingerprint density at radius 1 is 1.04 bits per heavy atom. The van der Waals surface area contributed by atoms with Crippen molar-refractivity contribution in [3.05, 3.63) is 70.4 Å². The normalized spacial score (nSPS) is 10.6. The SMILES string of the molecule is COc1ccc(Cl)cc1NC(=O)c1ccc(-c2ccc(C)c(C)c2)o1. The molecule has 1 N–H and O–H groups in total. The number of hydrogen-bond acceptors (Lipinski definition) is 3. The Balaban J connectivity index is 1.83. The first kappa shape index (κ1) is 17.1. The number of ether oxygens (including phenoxy) is 1. The largest absolute Gasteiger partial charge is 0.495 e. The molecule has 1 heterocycles. The number of hydrogen-bond donors (Lipinski definition) is 1. The highest BCUT2D eigenvalue weighted by Crippen LogP contribution is 2.29. The maximum absolute atomic E-state index is 12.5. The highest BCUT2D eigenvalue weighted by Gasteiger charge is 2.15. The minimum Gasteiger partial charge on any atom is -0.495 e. The molecular weight excluding hydrogens is 338 g/mol. The van der Waals surface area contributed by atoms with Crippen molar-refractivity contribution in [2.45, 2.75) is 13.8 Å². The Hall–Kier alpha value is -2.72. The van der Waals surface area contributed by atoms with Gasteiger partial charge in [-0.3, -0.25) is 4.79 Å². The number of furan rings is 1. The molecule has 2 aromatic carbocycles. The van der Waals surface area contributed by atoms with Crippen LogP contribution >= 0.6 is 11.6 Å². The van der Waals surface area contributed by atoms with E-state index in [0.717, 1.165) is 5.56 Å². The van der Waals surface area contributed by atoms with E-state index >= 15 is 0 Å². The Kier molecular flexibility index (Phi) is 4.81. The first-order valence-electron chi connectivity index (χ1n) is 7.80. The molecule has 0 aliphatic heterocycles. The first-order valence-corrected chi connectivity index (χ1v) is 8.18. The summed E-state index contributed by atoms with van der Waals surface area (Å²) in [6.45, 7) is 4.10. The molecule has 4 nitrogen and oxygen atoms in total. The second-order valence-electron chi connectivity index (χ2n) is 5.76. The number of halogens is 1. The Labute approximate surface area is 151 Å². The van der Waals surface area contributed by atoms with E-state index in [2.05, 4.69) is 12.2 Å². The standard InChI is InChI=1S/C20H18ClNO3/c1-12-4-5-14(10-13(12)2)17-8-9-19(25-17)20(23)22-16-11-15(21)6-7-18(16)24-3/h4-11H,1-3H3,(H,22,23). The predicted molar refractivity (Wildman–Crippen MR) is 99.6 cm³/mol. The molecule has 1 aromatic heterocycles. The summed E-state index contributed by atoms with van der Waals surface area (Å²) in [7, 11) is 1.53. The summed E-state index contributed by atoms with van der Waals surface area (Å²) in [6.07, 6.45) is 0. The van der Waals surface area contributed by atoms with E-state index in [1.807, 2.05) is 25.1 Å². The Bertz CT molecular complexity index is 930. The van der Waals surface area contributed by atoms with Gasteiger partial charge in [-0.25, -0.2) is 0 Å². The third-order valence-corrected chi connectivity index (χ3v) is 4.27. The summed E-state index contributed by atoms with van der Waals surface area (Å²) in [5.74, 6) is 1.02. The molecule has 0 radical (unpaired) electrons. The monoisotopic (exact) mass is 355 g/mol. The fourth-order valence-electron chi connectivity index (χ4n) is 2.47. The molecule has 0 atom stereocenters. The van der Waals surface area contributed by atoms with E-state index < -0.39 is 0 Å². The summed E-state index contributed by atoms with van der Waals surface area (Å²) >= 11 is 5.98. The second-order valence-corrected chi connectivity index (χ2v) is 6.20.